The molecule has 2 rings (SSSR count). The Morgan fingerprint density at radius 3 is 2.54 bits per heavy atom. The second-order valence-electron chi connectivity index (χ2n) is 5.25. The van der Waals surface area contributed by atoms with Crippen molar-refractivity contribution in [2.24, 2.45) is 0 Å². The van der Waals surface area contributed by atoms with E-state index in [9.17, 15) is 19.7 Å². The molecule has 8 nitrogen and oxygen atoms in total. The molecule has 2 amide bonds. The Morgan fingerprint density at radius 2 is 1.96 bits per heavy atom. The zero-order chi connectivity index (χ0) is 17.0. The zero-order valence-corrected chi connectivity index (χ0v) is 15.4. The molecule has 0 bridgehead atoms. The first-order valence-corrected chi connectivity index (χ1v) is 7.86. The van der Waals surface area contributed by atoms with Crippen molar-refractivity contribution in [1.29, 1.82) is 0 Å². The van der Waals surface area contributed by atoms with Crippen LogP contribution >= 0.6 is 28.3 Å². The third kappa shape index (κ3) is 5.15. The van der Waals surface area contributed by atoms with Gasteiger partial charge in [0.25, 0.3) is 11.6 Å². The van der Waals surface area contributed by atoms with E-state index in [1.165, 1.54) is 30.1 Å². The number of nitro benzene ring substituents is 1. The lowest BCUT2D eigenvalue weighted by Crippen LogP contribution is -2.49. The standard InChI is InChI=1S/C14H17BrN4O4.ClH/c1-17(9-13(20)18-4-2-16-3-5-18)14(21)10-6-11(15)8-12(7-10)19(22)23;/h6-8,16H,2-5,9H2,1H3;1H. The van der Waals surface area contributed by atoms with Gasteiger partial charge in [0.2, 0.25) is 5.91 Å². The number of hydrogen-bond acceptors (Lipinski definition) is 5. The van der Waals surface area contributed by atoms with Crippen LogP contribution in [0.3, 0.4) is 0 Å². The van der Waals surface area contributed by atoms with Gasteiger partial charge in [0.05, 0.1) is 11.5 Å². The molecular weight excluding hydrogens is 404 g/mol. The molecule has 0 atom stereocenters. The smallest absolute Gasteiger partial charge is 0.271 e. The van der Waals surface area contributed by atoms with Crippen molar-refractivity contribution in [3.8, 4) is 0 Å². The number of benzene rings is 1. The van der Waals surface area contributed by atoms with Crippen LogP contribution < -0.4 is 5.32 Å². The molecule has 10 heteroatoms. The van der Waals surface area contributed by atoms with Crippen LogP contribution in [0.15, 0.2) is 22.7 Å². The Morgan fingerprint density at radius 1 is 1.33 bits per heavy atom. The molecule has 1 saturated heterocycles. The molecule has 24 heavy (non-hydrogen) atoms. The largest absolute Gasteiger partial charge is 0.339 e. The van der Waals surface area contributed by atoms with E-state index in [1.807, 2.05) is 0 Å². The molecule has 0 aromatic heterocycles. The van der Waals surface area contributed by atoms with Gasteiger partial charge >= 0.3 is 0 Å². The molecule has 1 fully saturated rings. The van der Waals surface area contributed by atoms with Crippen molar-refractivity contribution in [3.63, 3.8) is 0 Å². The average Bonchev–Trinajstić information content (AvgIpc) is 2.54. The number of nitrogens with zero attached hydrogens (tertiary/aromatic N) is 3. The minimum Gasteiger partial charge on any atom is -0.339 e. The number of halogens is 2. The third-order valence-electron chi connectivity index (χ3n) is 3.53. The number of rotatable bonds is 4. The summed E-state index contributed by atoms with van der Waals surface area (Å²) in [6.45, 7) is 2.65. The Kier molecular flexibility index (Phi) is 7.59. The monoisotopic (exact) mass is 420 g/mol. The number of carbonyl (C=O) groups is 2. The maximum absolute atomic E-state index is 12.4. The van der Waals surface area contributed by atoms with Gasteiger partial charge in [-0.3, -0.25) is 19.7 Å². The molecule has 132 valence electrons. The van der Waals surface area contributed by atoms with E-state index in [2.05, 4.69) is 21.2 Å². The summed E-state index contributed by atoms with van der Waals surface area (Å²) in [5.41, 5.74) is -0.00811. The first-order valence-electron chi connectivity index (χ1n) is 7.07. The van der Waals surface area contributed by atoms with Crippen molar-refractivity contribution in [3.05, 3.63) is 38.3 Å². The van der Waals surface area contributed by atoms with Crippen molar-refractivity contribution in [1.82, 2.24) is 15.1 Å². The molecule has 0 spiro atoms. The highest BCUT2D eigenvalue weighted by Crippen LogP contribution is 2.22. The first kappa shape index (κ1) is 20.3. The normalized spacial score (nSPS) is 13.8. The van der Waals surface area contributed by atoms with Crippen LogP contribution in [-0.2, 0) is 4.79 Å². The highest BCUT2D eigenvalue weighted by Gasteiger charge is 2.22. The minimum absolute atomic E-state index is 0. The molecule has 1 aliphatic heterocycles. The Hall–Kier alpha value is -1.71. The molecule has 1 aliphatic rings. The van der Waals surface area contributed by atoms with Crippen LogP contribution in [0.1, 0.15) is 10.4 Å². The number of hydrogen-bond donors (Lipinski definition) is 1. The summed E-state index contributed by atoms with van der Waals surface area (Å²) in [6, 6.07) is 4.03. The summed E-state index contributed by atoms with van der Waals surface area (Å²) in [5, 5.41) is 14.0. The van der Waals surface area contributed by atoms with E-state index in [4.69, 9.17) is 0 Å². The van der Waals surface area contributed by atoms with Crippen LogP contribution in [0, 0.1) is 10.1 Å². The molecule has 0 aliphatic carbocycles. The van der Waals surface area contributed by atoms with Crippen molar-refractivity contribution in [2.45, 2.75) is 0 Å². The van der Waals surface area contributed by atoms with E-state index in [0.29, 0.717) is 17.6 Å². The van der Waals surface area contributed by atoms with E-state index in [1.54, 1.807) is 4.90 Å². The van der Waals surface area contributed by atoms with Gasteiger partial charge in [-0.05, 0) is 6.07 Å². The van der Waals surface area contributed by atoms with Gasteiger partial charge in [0, 0.05) is 55.4 Å². The molecule has 1 heterocycles. The van der Waals surface area contributed by atoms with Crippen molar-refractivity contribution in [2.75, 3.05) is 39.8 Å². The van der Waals surface area contributed by atoms with E-state index in [-0.39, 0.29) is 36.1 Å². The maximum Gasteiger partial charge on any atom is 0.271 e. The first-order chi connectivity index (χ1) is 10.9. The summed E-state index contributed by atoms with van der Waals surface area (Å²) >= 11 is 3.15. The van der Waals surface area contributed by atoms with Crippen LogP contribution in [0.2, 0.25) is 0 Å². The van der Waals surface area contributed by atoms with Crippen LogP contribution in [0.4, 0.5) is 5.69 Å². The van der Waals surface area contributed by atoms with Gasteiger partial charge < -0.3 is 15.1 Å². The SMILES string of the molecule is CN(CC(=O)N1CCNCC1)C(=O)c1cc(Br)cc([N+](=O)[O-])c1.Cl. The van der Waals surface area contributed by atoms with Gasteiger partial charge in [-0.15, -0.1) is 12.4 Å². The summed E-state index contributed by atoms with van der Waals surface area (Å²) < 4.78 is 0.442. The number of nitrogens with one attached hydrogen (secondary N) is 1. The predicted octanol–water partition coefficient (Wildman–Crippen LogP) is 1.28. The lowest BCUT2D eigenvalue weighted by molar-refractivity contribution is -0.385. The van der Waals surface area contributed by atoms with Crippen LogP contribution in [0.5, 0.6) is 0 Å². The third-order valence-corrected chi connectivity index (χ3v) is 3.99. The highest BCUT2D eigenvalue weighted by molar-refractivity contribution is 9.10. The topological polar surface area (TPSA) is 95.8 Å². The summed E-state index contributed by atoms with van der Waals surface area (Å²) in [5.74, 6) is -0.565. The van der Waals surface area contributed by atoms with Gasteiger partial charge in [0.15, 0.2) is 0 Å². The lowest BCUT2D eigenvalue weighted by Gasteiger charge is -2.29. The average molecular weight is 422 g/mol. The Balaban J connectivity index is 0.00000288. The summed E-state index contributed by atoms with van der Waals surface area (Å²) in [4.78, 5) is 37.8. The number of non-ortho nitro benzene ring substituents is 1. The summed E-state index contributed by atoms with van der Waals surface area (Å²) in [7, 11) is 1.51. The number of carbonyl (C=O) groups excluding carboxylic acids is 2. The second-order valence-corrected chi connectivity index (χ2v) is 6.16. The Bertz CT molecular complexity index is 637. The molecule has 1 N–H and O–H groups in total. The minimum atomic E-state index is -0.562. The highest BCUT2D eigenvalue weighted by atomic mass is 79.9. The fraction of sp³-hybridized carbons (Fsp3) is 0.429. The number of amides is 2. The molecule has 0 saturated carbocycles. The van der Waals surface area contributed by atoms with Gasteiger partial charge in [-0.2, -0.15) is 0 Å². The fourth-order valence-corrected chi connectivity index (χ4v) is 2.79. The maximum atomic E-state index is 12.4. The van der Waals surface area contributed by atoms with E-state index >= 15 is 0 Å². The van der Waals surface area contributed by atoms with Gasteiger partial charge in [-0.25, -0.2) is 0 Å². The summed E-state index contributed by atoms with van der Waals surface area (Å²) in [6.07, 6.45) is 0. The van der Waals surface area contributed by atoms with Crippen molar-refractivity contribution >= 4 is 45.8 Å². The molecule has 0 unspecified atom stereocenters. The number of nitro groups is 1. The number of piperazine rings is 1. The molecular formula is C14H18BrClN4O4. The van der Waals surface area contributed by atoms with E-state index < -0.39 is 10.8 Å². The van der Waals surface area contributed by atoms with Gasteiger partial charge in [-0.1, -0.05) is 15.9 Å². The zero-order valence-electron chi connectivity index (χ0n) is 13.0. The van der Waals surface area contributed by atoms with E-state index in [0.717, 1.165) is 13.1 Å². The number of likely N-dealkylation sites (N-methyl/N-ethyl adjacent to an activating group) is 1. The molecule has 1 aromatic carbocycles. The quantitative estimate of drug-likeness (QED) is 0.584. The van der Waals surface area contributed by atoms with Gasteiger partial charge in [0.1, 0.15) is 0 Å². The Labute approximate surface area is 153 Å². The molecule has 1 aromatic rings. The fourth-order valence-electron chi connectivity index (χ4n) is 2.31. The van der Waals surface area contributed by atoms with Crippen LogP contribution in [-0.4, -0.2) is 66.3 Å². The van der Waals surface area contributed by atoms with Crippen molar-refractivity contribution < 1.29 is 14.5 Å². The predicted molar refractivity (Wildman–Crippen MR) is 94.5 cm³/mol. The lowest BCUT2D eigenvalue weighted by atomic mass is 10.2. The second kappa shape index (κ2) is 8.95. The van der Waals surface area contributed by atoms with Crippen LogP contribution in [0.25, 0.3) is 0 Å². The molecule has 0 radical (unpaired) electrons.